The molecule has 0 unspecified atom stereocenters. The number of Topliss-reactive ketones (excluding diaryl/α,β-unsaturated/α-hetero) is 1. The van der Waals surface area contributed by atoms with Crippen molar-refractivity contribution in [3.05, 3.63) is 71.3 Å². The second-order valence-corrected chi connectivity index (χ2v) is 4.19. The SMILES string of the molecule is O=C(/C(=C/O)N=Nc1ccc(Cl)cc1)c1ccncc1. The predicted octanol–water partition coefficient (Wildman–Crippen LogP) is 4.10. The van der Waals surface area contributed by atoms with E-state index in [1.807, 2.05) is 0 Å². The van der Waals surface area contributed by atoms with Crippen molar-refractivity contribution in [2.45, 2.75) is 0 Å². The zero-order valence-electron chi connectivity index (χ0n) is 10.3. The van der Waals surface area contributed by atoms with Crippen LogP contribution in [0.5, 0.6) is 0 Å². The third-order valence-electron chi connectivity index (χ3n) is 2.40. The Labute approximate surface area is 120 Å². The summed E-state index contributed by atoms with van der Waals surface area (Å²) in [6.45, 7) is 0. The number of aliphatic hydroxyl groups is 1. The lowest BCUT2D eigenvalue weighted by Gasteiger charge is -1.99. The lowest BCUT2D eigenvalue weighted by molar-refractivity contribution is 0.102. The monoisotopic (exact) mass is 287 g/mol. The zero-order chi connectivity index (χ0) is 14.4. The molecule has 1 aromatic heterocycles. The molecule has 2 rings (SSSR count). The maximum atomic E-state index is 12.0. The van der Waals surface area contributed by atoms with Crippen LogP contribution in [-0.4, -0.2) is 15.9 Å². The first kappa shape index (κ1) is 13.9. The van der Waals surface area contributed by atoms with Crippen LogP contribution in [0.3, 0.4) is 0 Å². The molecule has 0 aliphatic heterocycles. The van der Waals surface area contributed by atoms with E-state index >= 15 is 0 Å². The van der Waals surface area contributed by atoms with Gasteiger partial charge in [-0.1, -0.05) is 11.6 Å². The van der Waals surface area contributed by atoms with Crippen LogP contribution in [0.2, 0.25) is 5.02 Å². The quantitative estimate of drug-likeness (QED) is 0.398. The van der Waals surface area contributed by atoms with Gasteiger partial charge in [-0.15, -0.1) is 5.11 Å². The summed E-state index contributed by atoms with van der Waals surface area (Å²) in [5.74, 6) is -0.437. The number of halogens is 1. The van der Waals surface area contributed by atoms with Gasteiger partial charge in [-0.2, -0.15) is 5.11 Å². The third-order valence-corrected chi connectivity index (χ3v) is 2.65. The number of nitrogens with zero attached hydrogens (tertiary/aromatic N) is 3. The Morgan fingerprint density at radius 3 is 2.40 bits per heavy atom. The lowest BCUT2D eigenvalue weighted by atomic mass is 10.1. The minimum atomic E-state index is -0.437. The summed E-state index contributed by atoms with van der Waals surface area (Å²) >= 11 is 5.75. The number of aliphatic hydroxyl groups excluding tert-OH is 1. The molecule has 0 spiro atoms. The molecule has 20 heavy (non-hydrogen) atoms. The van der Waals surface area contributed by atoms with Crippen LogP contribution in [0.4, 0.5) is 5.69 Å². The van der Waals surface area contributed by atoms with Crippen molar-refractivity contribution in [3.63, 3.8) is 0 Å². The number of carbonyl (C=O) groups is 1. The van der Waals surface area contributed by atoms with Gasteiger partial charge >= 0.3 is 0 Å². The van der Waals surface area contributed by atoms with Gasteiger partial charge in [-0.3, -0.25) is 9.78 Å². The van der Waals surface area contributed by atoms with E-state index in [2.05, 4.69) is 15.2 Å². The minimum absolute atomic E-state index is 0.161. The Morgan fingerprint density at radius 2 is 1.80 bits per heavy atom. The fourth-order valence-corrected chi connectivity index (χ4v) is 1.53. The number of hydrogen-bond acceptors (Lipinski definition) is 5. The largest absolute Gasteiger partial charge is 0.513 e. The minimum Gasteiger partial charge on any atom is -0.513 e. The molecule has 0 amide bonds. The molecule has 0 aliphatic rings. The summed E-state index contributed by atoms with van der Waals surface area (Å²) in [7, 11) is 0. The van der Waals surface area contributed by atoms with E-state index in [-0.39, 0.29) is 5.70 Å². The first-order chi connectivity index (χ1) is 9.70. The second-order valence-electron chi connectivity index (χ2n) is 3.76. The molecule has 5 nitrogen and oxygen atoms in total. The molecule has 0 bridgehead atoms. The number of aromatic nitrogens is 1. The van der Waals surface area contributed by atoms with Crippen LogP contribution in [-0.2, 0) is 0 Å². The predicted molar refractivity (Wildman–Crippen MR) is 75.2 cm³/mol. The maximum Gasteiger partial charge on any atom is 0.216 e. The van der Waals surface area contributed by atoms with Crippen molar-refractivity contribution < 1.29 is 9.90 Å². The van der Waals surface area contributed by atoms with Crippen molar-refractivity contribution in [3.8, 4) is 0 Å². The highest BCUT2D eigenvalue weighted by molar-refractivity contribution is 6.30. The molecule has 2 aromatic rings. The highest BCUT2D eigenvalue weighted by atomic mass is 35.5. The first-order valence-corrected chi connectivity index (χ1v) is 6.05. The summed E-state index contributed by atoms with van der Waals surface area (Å²) in [6, 6.07) is 9.68. The zero-order valence-corrected chi connectivity index (χ0v) is 11.0. The van der Waals surface area contributed by atoms with E-state index < -0.39 is 5.78 Å². The van der Waals surface area contributed by atoms with Crippen molar-refractivity contribution in [1.82, 2.24) is 4.98 Å². The van der Waals surface area contributed by atoms with E-state index in [4.69, 9.17) is 16.7 Å². The molecule has 0 fully saturated rings. The van der Waals surface area contributed by atoms with Gasteiger partial charge in [-0.25, -0.2) is 0 Å². The molecule has 0 saturated heterocycles. The van der Waals surface area contributed by atoms with Gasteiger partial charge in [0.15, 0.2) is 5.70 Å². The molecule has 0 atom stereocenters. The summed E-state index contributed by atoms with van der Waals surface area (Å²) in [5, 5.41) is 17.3. The average molecular weight is 288 g/mol. The Morgan fingerprint density at radius 1 is 1.15 bits per heavy atom. The second kappa shape index (κ2) is 6.58. The summed E-state index contributed by atoms with van der Waals surface area (Å²) < 4.78 is 0. The van der Waals surface area contributed by atoms with Gasteiger partial charge in [0, 0.05) is 23.0 Å². The fourth-order valence-electron chi connectivity index (χ4n) is 1.40. The van der Waals surface area contributed by atoms with Gasteiger partial charge in [0.05, 0.1) is 5.69 Å². The Bertz CT molecular complexity index is 652. The summed E-state index contributed by atoms with van der Waals surface area (Å²) in [4.78, 5) is 15.8. The molecular weight excluding hydrogens is 278 g/mol. The standard InChI is InChI=1S/C14H10ClN3O2/c15-11-1-3-12(4-2-11)17-18-13(9-19)14(20)10-5-7-16-8-6-10/h1-9,19H/b13-9-,18-17?. The molecule has 6 heteroatoms. The van der Waals surface area contributed by atoms with Crippen molar-refractivity contribution in [2.24, 2.45) is 10.2 Å². The Balaban J connectivity index is 2.18. The molecule has 0 saturated carbocycles. The maximum absolute atomic E-state index is 12.0. The Hall–Kier alpha value is -2.53. The topological polar surface area (TPSA) is 74.9 Å². The smallest absolute Gasteiger partial charge is 0.216 e. The van der Waals surface area contributed by atoms with Gasteiger partial charge in [0.25, 0.3) is 0 Å². The normalized spacial score (nSPS) is 11.8. The van der Waals surface area contributed by atoms with Crippen molar-refractivity contribution >= 4 is 23.1 Å². The molecule has 1 N–H and O–H groups in total. The van der Waals surface area contributed by atoms with E-state index in [1.165, 1.54) is 24.5 Å². The number of azo groups is 1. The van der Waals surface area contributed by atoms with Crippen molar-refractivity contribution in [1.29, 1.82) is 0 Å². The van der Waals surface area contributed by atoms with E-state index in [0.29, 0.717) is 22.5 Å². The summed E-state index contributed by atoms with van der Waals surface area (Å²) in [5.41, 5.74) is 0.734. The number of allylic oxidation sites excluding steroid dienone is 1. The van der Waals surface area contributed by atoms with Crippen LogP contribution in [0.1, 0.15) is 10.4 Å². The van der Waals surface area contributed by atoms with E-state index in [0.717, 1.165) is 0 Å². The first-order valence-electron chi connectivity index (χ1n) is 5.67. The van der Waals surface area contributed by atoms with Gasteiger partial charge < -0.3 is 5.11 Å². The summed E-state index contributed by atoms with van der Waals surface area (Å²) in [6.07, 6.45) is 3.60. The Kier molecular flexibility index (Phi) is 4.57. The fraction of sp³-hybridized carbons (Fsp3) is 0. The van der Waals surface area contributed by atoms with Crippen molar-refractivity contribution in [2.75, 3.05) is 0 Å². The lowest BCUT2D eigenvalue weighted by Crippen LogP contribution is -2.01. The molecular formula is C14H10ClN3O2. The number of rotatable bonds is 4. The van der Waals surface area contributed by atoms with Crippen LogP contribution in [0.15, 0.2) is 71.0 Å². The van der Waals surface area contributed by atoms with E-state index in [9.17, 15) is 4.79 Å². The highest BCUT2D eigenvalue weighted by Gasteiger charge is 2.11. The molecule has 1 heterocycles. The number of hydrogen-bond donors (Lipinski definition) is 1. The van der Waals surface area contributed by atoms with Crippen LogP contribution >= 0.6 is 11.6 Å². The number of carbonyl (C=O) groups excluding carboxylic acids is 1. The average Bonchev–Trinajstić information content (AvgIpc) is 2.50. The van der Waals surface area contributed by atoms with Gasteiger partial charge in [0.2, 0.25) is 5.78 Å². The van der Waals surface area contributed by atoms with Gasteiger partial charge in [-0.05, 0) is 36.4 Å². The molecule has 100 valence electrons. The molecule has 1 aromatic carbocycles. The molecule has 0 aliphatic carbocycles. The van der Waals surface area contributed by atoms with Crippen LogP contribution in [0.25, 0.3) is 0 Å². The number of pyridine rings is 1. The number of benzene rings is 1. The highest BCUT2D eigenvalue weighted by Crippen LogP contribution is 2.18. The molecule has 0 radical (unpaired) electrons. The van der Waals surface area contributed by atoms with Gasteiger partial charge in [0.1, 0.15) is 6.26 Å². The third kappa shape index (κ3) is 3.49. The van der Waals surface area contributed by atoms with E-state index in [1.54, 1.807) is 24.3 Å². The van der Waals surface area contributed by atoms with Crippen LogP contribution in [0, 0.1) is 0 Å². The van der Waals surface area contributed by atoms with Crippen LogP contribution < -0.4 is 0 Å². The number of ketones is 1.